The summed E-state index contributed by atoms with van der Waals surface area (Å²) in [5.74, 6) is 0. The van der Waals surface area contributed by atoms with Gasteiger partial charge in [0.15, 0.2) is 0 Å². The quantitative estimate of drug-likeness (QED) is 0.472. The van der Waals surface area contributed by atoms with Crippen molar-refractivity contribution in [2.45, 2.75) is 19.3 Å². The fraction of sp³-hybridized carbons (Fsp3) is 0.833. The summed E-state index contributed by atoms with van der Waals surface area (Å²) in [7, 11) is 0. The maximum Gasteiger partial charge on any atom is 0.106 e. The van der Waals surface area contributed by atoms with Crippen LogP contribution < -0.4 is 0 Å². The Balaban J connectivity index is 0.000000222. The smallest absolute Gasteiger partial charge is 0.106 e. The molecule has 0 aliphatic carbocycles. The van der Waals surface area contributed by atoms with Crippen LogP contribution in [0.15, 0.2) is 0 Å². The van der Waals surface area contributed by atoms with Crippen molar-refractivity contribution in [1.29, 1.82) is 0 Å². The van der Waals surface area contributed by atoms with Gasteiger partial charge in [-0.3, -0.25) is 0 Å². The largest absolute Gasteiger partial charge is 0.381 e. The van der Waals surface area contributed by atoms with Crippen LogP contribution in [0.5, 0.6) is 0 Å². The van der Waals surface area contributed by atoms with Crippen LogP contribution in [-0.2, 0) is 9.53 Å². The Hall–Kier alpha value is -0.370. The first-order valence-electron chi connectivity index (χ1n) is 2.87. The Morgan fingerprint density at radius 1 is 1.00 bits per heavy atom. The summed E-state index contributed by atoms with van der Waals surface area (Å²) in [5.41, 5.74) is 0. The molecule has 0 spiro atoms. The van der Waals surface area contributed by atoms with Gasteiger partial charge in [-0.25, -0.2) is 0 Å². The zero-order chi connectivity index (χ0) is 6.24. The average molecular weight is 116 g/mol. The molecule has 0 saturated carbocycles. The standard InChI is InChI=1S/C5H10O.CH2O/c1-2-4-6-5-3-1;1-2/h1-5H2;1H2. The third-order valence-corrected chi connectivity index (χ3v) is 1.08. The highest BCUT2D eigenvalue weighted by Crippen LogP contribution is 2.01. The van der Waals surface area contributed by atoms with Crippen LogP contribution >= 0.6 is 0 Å². The summed E-state index contributed by atoms with van der Waals surface area (Å²) in [6.45, 7) is 4.00. The van der Waals surface area contributed by atoms with Gasteiger partial charge in [0.1, 0.15) is 6.79 Å². The van der Waals surface area contributed by atoms with Crippen LogP contribution in [0.2, 0.25) is 0 Å². The number of hydrogen-bond donors (Lipinski definition) is 0. The molecule has 1 aliphatic rings. The summed E-state index contributed by atoms with van der Waals surface area (Å²) in [4.78, 5) is 8.00. The number of carbonyl (C=O) groups excluding carboxylic acids is 1. The van der Waals surface area contributed by atoms with Crippen LogP contribution in [-0.4, -0.2) is 20.0 Å². The molecule has 2 heteroatoms. The molecule has 0 amide bonds. The molecule has 0 atom stereocenters. The van der Waals surface area contributed by atoms with E-state index < -0.39 is 0 Å². The second kappa shape index (κ2) is 6.63. The lowest BCUT2D eigenvalue weighted by atomic mass is 10.2. The van der Waals surface area contributed by atoms with Crippen LogP contribution in [0.3, 0.4) is 0 Å². The van der Waals surface area contributed by atoms with E-state index in [4.69, 9.17) is 9.53 Å². The predicted molar refractivity (Wildman–Crippen MR) is 31.8 cm³/mol. The minimum absolute atomic E-state index is 1.00. The minimum atomic E-state index is 1.00. The molecule has 1 heterocycles. The third kappa shape index (κ3) is 3.81. The van der Waals surface area contributed by atoms with E-state index in [2.05, 4.69) is 0 Å². The van der Waals surface area contributed by atoms with E-state index in [1.54, 1.807) is 0 Å². The van der Waals surface area contributed by atoms with Crippen LogP contribution in [0.4, 0.5) is 0 Å². The molecule has 0 bridgehead atoms. The van der Waals surface area contributed by atoms with E-state index in [1.165, 1.54) is 19.3 Å². The summed E-state index contributed by atoms with van der Waals surface area (Å²) in [5, 5.41) is 0. The highest BCUT2D eigenvalue weighted by Gasteiger charge is 1.94. The monoisotopic (exact) mass is 116 g/mol. The molecule has 0 aromatic carbocycles. The molecule has 0 unspecified atom stereocenters. The van der Waals surface area contributed by atoms with Crippen molar-refractivity contribution in [1.82, 2.24) is 0 Å². The van der Waals surface area contributed by atoms with Crippen molar-refractivity contribution in [3.05, 3.63) is 0 Å². The maximum atomic E-state index is 8.00. The van der Waals surface area contributed by atoms with Gasteiger partial charge >= 0.3 is 0 Å². The second-order valence-electron chi connectivity index (χ2n) is 1.67. The molecule has 1 rings (SSSR count). The Morgan fingerprint density at radius 2 is 1.50 bits per heavy atom. The van der Waals surface area contributed by atoms with Crippen molar-refractivity contribution >= 4 is 6.79 Å². The molecule has 8 heavy (non-hydrogen) atoms. The van der Waals surface area contributed by atoms with Gasteiger partial charge in [0.05, 0.1) is 0 Å². The molecule has 0 radical (unpaired) electrons. The summed E-state index contributed by atoms with van der Waals surface area (Å²) < 4.78 is 5.07. The van der Waals surface area contributed by atoms with Crippen LogP contribution in [0.1, 0.15) is 19.3 Å². The van der Waals surface area contributed by atoms with Crippen molar-refractivity contribution in [2.24, 2.45) is 0 Å². The van der Waals surface area contributed by atoms with Gasteiger partial charge in [0, 0.05) is 13.2 Å². The Kier molecular flexibility index (Phi) is 6.32. The molecular formula is C6H12O2. The third-order valence-electron chi connectivity index (χ3n) is 1.08. The van der Waals surface area contributed by atoms with Crippen LogP contribution in [0, 0.1) is 0 Å². The first-order chi connectivity index (χ1) is 4.00. The normalized spacial score (nSPS) is 18.5. The zero-order valence-electron chi connectivity index (χ0n) is 5.06. The highest BCUT2D eigenvalue weighted by molar-refractivity contribution is 5.10. The lowest BCUT2D eigenvalue weighted by Gasteiger charge is -2.08. The maximum absolute atomic E-state index is 8.00. The van der Waals surface area contributed by atoms with Gasteiger partial charge < -0.3 is 9.53 Å². The lowest BCUT2D eigenvalue weighted by Crippen LogP contribution is -2.03. The van der Waals surface area contributed by atoms with E-state index in [0.717, 1.165) is 13.2 Å². The Bertz CT molecular complexity index is 30.3. The fourth-order valence-corrected chi connectivity index (χ4v) is 0.687. The molecule has 1 saturated heterocycles. The molecular weight excluding hydrogens is 104 g/mol. The average Bonchev–Trinajstić information content (AvgIpc) is 1.96. The van der Waals surface area contributed by atoms with E-state index in [9.17, 15) is 0 Å². The van der Waals surface area contributed by atoms with E-state index in [-0.39, 0.29) is 0 Å². The summed E-state index contributed by atoms with van der Waals surface area (Å²) >= 11 is 0. The number of rotatable bonds is 0. The second-order valence-corrected chi connectivity index (χ2v) is 1.67. The van der Waals surface area contributed by atoms with Crippen molar-refractivity contribution < 1.29 is 9.53 Å². The summed E-state index contributed by atoms with van der Waals surface area (Å²) in [6, 6.07) is 0. The zero-order valence-corrected chi connectivity index (χ0v) is 5.06. The molecule has 0 aromatic heterocycles. The Labute approximate surface area is 49.8 Å². The van der Waals surface area contributed by atoms with Gasteiger partial charge in [-0.05, 0) is 19.3 Å². The molecule has 0 aromatic rings. The summed E-state index contributed by atoms with van der Waals surface area (Å²) in [6.07, 6.45) is 3.93. The fourth-order valence-electron chi connectivity index (χ4n) is 0.687. The molecule has 1 aliphatic heterocycles. The molecule has 2 nitrogen and oxygen atoms in total. The van der Waals surface area contributed by atoms with Gasteiger partial charge in [0.25, 0.3) is 0 Å². The van der Waals surface area contributed by atoms with E-state index in [1.807, 2.05) is 6.79 Å². The molecule has 48 valence electrons. The van der Waals surface area contributed by atoms with Gasteiger partial charge in [-0.2, -0.15) is 0 Å². The van der Waals surface area contributed by atoms with Gasteiger partial charge in [-0.1, -0.05) is 0 Å². The van der Waals surface area contributed by atoms with Crippen molar-refractivity contribution in [3.63, 3.8) is 0 Å². The topological polar surface area (TPSA) is 26.3 Å². The van der Waals surface area contributed by atoms with E-state index in [0.29, 0.717) is 0 Å². The van der Waals surface area contributed by atoms with Gasteiger partial charge in [-0.15, -0.1) is 0 Å². The highest BCUT2D eigenvalue weighted by atomic mass is 16.5. The molecule has 1 fully saturated rings. The lowest BCUT2D eigenvalue weighted by molar-refractivity contribution is -0.0979. The van der Waals surface area contributed by atoms with E-state index >= 15 is 0 Å². The molecule has 0 N–H and O–H groups in total. The number of ether oxygens (including phenoxy) is 1. The van der Waals surface area contributed by atoms with Crippen molar-refractivity contribution in [3.8, 4) is 0 Å². The predicted octanol–water partition coefficient (Wildman–Crippen LogP) is 1.00. The van der Waals surface area contributed by atoms with Gasteiger partial charge in [0.2, 0.25) is 0 Å². The van der Waals surface area contributed by atoms with Crippen LogP contribution in [0.25, 0.3) is 0 Å². The minimum Gasteiger partial charge on any atom is -0.381 e. The first kappa shape index (κ1) is 7.63. The SMILES string of the molecule is C1CCOCC1.C=O. The first-order valence-corrected chi connectivity index (χ1v) is 2.87. The number of hydrogen-bond acceptors (Lipinski definition) is 2. The Morgan fingerprint density at radius 3 is 1.62 bits per heavy atom. The number of carbonyl (C=O) groups is 1. The van der Waals surface area contributed by atoms with Crippen molar-refractivity contribution in [2.75, 3.05) is 13.2 Å².